The highest BCUT2D eigenvalue weighted by Gasteiger charge is 2.63. The van der Waals surface area contributed by atoms with Gasteiger partial charge in [-0.3, -0.25) is 0 Å². The summed E-state index contributed by atoms with van der Waals surface area (Å²) < 4.78 is 0. The highest BCUT2D eigenvalue weighted by Crippen LogP contribution is 2.72. The summed E-state index contributed by atoms with van der Waals surface area (Å²) in [5.41, 5.74) is 5.34. The van der Waals surface area contributed by atoms with Crippen LogP contribution in [0.2, 0.25) is 0 Å². The van der Waals surface area contributed by atoms with Crippen molar-refractivity contribution in [1.82, 2.24) is 5.32 Å². The lowest BCUT2D eigenvalue weighted by Gasteiger charge is -2.62. The average molecular weight is 442 g/mol. The third-order valence-corrected chi connectivity index (χ3v) is 12.7. The van der Waals surface area contributed by atoms with Crippen molar-refractivity contribution >= 4 is 0 Å². The van der Waals surface area contributed by atoms with Crippen molar-refractivity contribution in [3.63, 3.8) is 0 Å². The maximum absolute atomic E-state index is 10.8. The van der Waals surface area contributed by atoms with E-state index >= 15 is 0 Å². The summed E-state index contributed by atoms with van der Waals surface area (Å²) in [5, 5.41) is 14.5. The fourth-order valence-electron chi connectivity index (χ4n) is 10.1. The molecular weight excluding hydrogens is 390 g/mol. The second-order valence-electron chi connectivity index (χ2n) is 14.7. The van der Waals surface area contributed by atoms with E-state index in [9.17, 15) is 5.11 Å². The molecule has 0 aromatic rings. The number of fused-ring (bicyclic) bond motifs is 4. The molecule has 0 aromatic carbocycles. The van der Waals surface area contributed by atoms with Crippen molar-refractivity contribution in [3.8, 4) is 0 Å². The third-order valence-electron chi connectivity index (χ3n) is 12.7. The highest BCUT2D eigenvalue weighted by atomic mass is 16.3. The first kappa shape index (κ1) is 23.4. The summed E-state index contributed by atoms with van der Waals surface area (Å²) in [7, 11) is 0. The van der Waals surface area contributed by atoms with Gasteiger partial charge in [-0.1, -0.05) is 52.7 Å². The maximum atomic E-state index is 10.8. The molecule has 32 heavy (non-hydrogen) atoms. The van der Waals surface area contributed by atoms with E-state index in [1.807, 2.05) is 11.1 Å². The second kappa shape index (κ2) is 7.09. The first-order valence-electron chi connectivity index (χ1n) is 14.0. The molecule has 2 saturated carbocycles. The third kappa shape index (κ3) is 3.03. The molecule has 0 spiro atoms. The summed E-state index contributed by atoms with van der Waals surface area (Å²) in [6.45, 7) is 19.9. The van der Waals surface area contributed by atoms with E-state index in [4.69, 9.17) is 0 Å². The topological polar surface area (TPSA) is 42.2 Å². The maximum Gasteiger partial charge on any atom is 0.0594 e. The van der Waals surface area contributed by atoms with Crippen LogP contribution in [0, 0.1) is 39.4 Å². The Bertz CT molecular complexity index is 810. The van der Waals surface area contributed by atoms with Gasteiger partial charge in [-0.05, 0) is 117 Å². The van der Waals surface area contributed by atoms with Gasteiger partial charge in [0.25, 0.3) is 0 Å². The molecule has 3 fully saturated rings. The molecule has 5 rings (SSSR count). The number of aliphatic hydroxyl groups excluding tert-OH is 1. The molecule has 0 radical (unpaired) electrons. The lowest BCUT2D eigenvalue weighted by Crippen LogP contribution is -2.55. The fraction of sp³-hybridized carbons (Fsp3) is 0.933. The van der Waals surface area contributed by atoms with E-state index in [1.165, 1.54) is 57.8 Å². The Morgan fingerprint density at radius 3 is 2.25 bits per heavy atom. The Morgan fingerprint density at radius 2 is 1.59 bits per heavy atom. The number of allylic oxidation sites excluding steroid dienone is 2. The SMILES string of the molecule is C[C@H](CCC1NC1(C)C)[C@H]1CC[C@@]2(C)C3=C(CC[C@]12C)[C@@]1(C)CC[C@H](O)C(C)(C)C1CC3. The molecule has 2 nitrogen and oxygen atoms in total. The van der Waals surface area contributed by atoms with Crippen molar-refractivity contribution in [2.24, 2.45) is 39.4 Å². The lowest BCUT2D eigenvalue weighted by molar-refractivity contribution is -0.0962. The number of nitrogens with one attached hydrogen (secondary N) is 1. The van der Waals surface area contributed by atoms with Crippen molar-refractivity contribution < 1.29 is 5.11 Å². The van der Waals surface area contributed by atoms with Crippen LogP contribution < -0.4 is 5.32 Å². The van der Waals surface area contributed by atoms with Gasteiger partial charge in [0.15, 0.2) is 0 Å². The van der Waals surface area contributed by atoms with E-state index < -0.39 is 0 Å². The van der Waals surface area contributed by atoms with Gasteiger partial charge in [0.1, 0.15) is 0 Å². The molecule has 1 aliphatic heterocycles. The molecular formula is C30H51NO. The standard InChI is InChI=1S/C30H51NO/c1-19(9-12-24-27(4,5)31-24)20-13-17-30(8)22-10-11-23-26(2,3)25(32)15-16-28(23,6)21(22)14-18-29(20,30)7/h19-20,23-25,31-32H,9-18H2,1-8H3/t19-,20-,23?,24?,25+,28-,29-,30+/m1/s1. The van der Waals surface area contributed by atoms with E-state index in [0.29, 0.717) is 27.7 Å². The fourth-order valence-corrected chi connectivity index (χ4v) is 10.1. The van der Waals surface area contributed by atoms with Gasteiger partial charge in [-0.15, -0.1) is 0 Å². The summed E-state index contributed by atoms with van der Waals surface area (Å²) >= 11 is 0. The predicted octanol–water partition coefficient (Wildman–Crippen LogP) is 7.26. The Kier molecular flexibility index (Phi) is 5.19. The smallest absolute Gasteiger partial charge is 0.0594 e. The minimum atomic E-state index is -0.130. The normalized spacial score (nSPS) is 49.8. The molecule has 1 heterocycles. The molecule has 4 aliphatic carbocycles. The van der Waals surface area contributed by atoms with E-state index in [-0.39, 0.29) is 11.5 Å². The van der Waals surface area contributed by atoms with Crippen LogP contribution in [0.25, 0.3) is 0 Å². The second-order valence-corrected chi connectivity index (χ2v) is 14.7. The number of hydrogen-bond donors (Lipinski definition) is 2. The summed E-state index contributed by atoms with van der Waals surface area (Å²) in [4.78, 5) is 0. The zero-order valence-corrected chi connectivity index (χ0v) is 22.4. The zero-order valence-electron chi connectivity index (χ0n) is 22.4. The lowest BCUT2D eigenvalue weighted by atomic mass is 9.43. The average Bonchev–Trinajstić information content (AvgIpc) is 3.22. The van der Waals surface area contributed by atoms with Gasteiger partial charge in [-0.25, -0.2) is 0 Å². The molecule has 2 N–H and O–H groups in total. The summed E-state index contributed by atoms with van der Waals surface area (Å²) in [6.07, 6.45) is 12.9. The van der Waals surface area contributed by atoms with Gasteiger partial charge in [0.05, 0.1) is 6.10 Å². The number of aliphatic hydroxyl groups is 1. The van der Waals surface area contributed by atoms with E-state index in [2.05, 4.69) is 60.7 Å². The van der Waals surface area contributed by atoms with Crippen LogP contribution in [0.3, 0.4) is 0 Å². The van der Waals surface area contributed by atoms with Gasteiger partial charge >= 0.3 is 0 Å². The molecule has 2 unspecified atom stereocenters. The molecule has 8 atom stereocenters. The van der Waals surface area contributed by atoms with Crippen LogP contribution in [0.1, 0.15) is 120 Å². The van der Waals surface area contributed by atoms with Gasteiger partial charge < -0.3 is 10.4 Å². The van der Waals surface area contributed by atoms with Crippen molar-refractivity contribution in [1.29, 1.82) is 0 Å². The Morgan fingerprint density at radius 1 is 0.906 bits per heavy atom. The molecule has 1 saturated heterocycles. The van der Waals surface area contributed by atoms with Gasteiger partial charge in [-0.2, -0.15) is 0 Å². The van der Waals surface area contributed by atoms with Crippen LogP contribution in [0.15, 0.2) is 11.1 Å². The molecule has 182 valence electrons. The Hall–Kier alpha value is -0.340. The Balaban J connectivity index is 1.41. The minimum absolute atomic E-state index is 0.0462. The van der Waals surface area contributed by atoms with Crippen LogP contribution in [-0.4, -0.2) is 22.8 Å². The molecule has 0 aromatic heterocycles. The largest absolute Gasteiger partial charge is 0.393 e. The summed E-state index contributed by atoms with van der Waals surface area (Å²) in [6, 6.07) is 0.742. The Labute approximate surface area is 198 Å². The molecule has 0 amide bonds. The quantitative estimate of drug-likeness (QED) is 0.356. The molecule has 2 heteroatoms. The van der Waals surface area contributed by atoms with Crippen molar-refractivity contribution in [3.05, 3.63) is 11.1 Å². The molecule has 0 bridgehead atoms. The zero-order chi connectivity index (χ0) is 23.3. The van der Waals surface area contributed by atoms with Crippen molar-refractivity contribution in [2.45, 2.75) is 137 Å². The van der Waals surface area contributed by atoms with Crippen molar-refractivity contribution in [2.75, 3.05) is 0 Å². The predicted molar refractivity (Wildman–Crippen MR) is 134 cm³/mol. The first-order valence-corrected chi connectivity index (χ1v) is 14.0. The van der Waals surface area contributed by atoms with Crippen LogP contribution >= 0.6 is 0 Å². The van der Waals surface area contributed by atoms with Gasteiger partial charge in [0.2, 0.25) is 0 Å². The summed E-state index contributed by atoms with van der Waals surface area (Å²) in [5.74, 6) is 2.34. The first-order chi connectivity index (χ1) is 14.8. The monoisotopic (exact) mass is 441 g/mol. The number of rotatable bonds is 4. The minimum Gasteiger partial charge on any atom is -0.393 e. The van der Waals surface area contributed by atoms with E-state index in [1.54, 1.807) is 0 Å². The molecule has 5 aliphatic rings. The highest BCUT2D eigenvalue weighted by molar-refractivity contribution is 5.38. The van der Waals surface area contributed by atoms with Crippen LogP contribution in [0.5, 0.6) is 0 Å². The van der Waals surface area contributed by atoms with Crippen LogP contribution in [0.4, 0.5) is 0 Å². The van der Waals surface area contributed by atoms with E-state index in [0.717, 1.165) is 24.3 Å². The number of hydrogen-bond acceptors (Lipinski definition) is 2. The van der Waals surface area contributed by atoms with Gasteiger partial charge in [0, 0.05) is 11.6 Å². The van der Waals surface area contributed by atoms with Crippen LogP contribution in [-0.2, 0) is 0 Å².